The fourth-order valence-corrected chi connectivity index (χ4v) is 1.56. The molecule has 0 aromatic carbocycles. The van der Waals surface area contributed by atoms with E-state index in [0.717, 1.165) is 25.7 Å². The molecule has 0 saturated heterocycles. The van der Waals surface area contributed by atoms with Crippen LogP contribution in [0.4, 0.5) is 0 Å². The van der Waals surface area contributed by atoms with Gasteiger partial charge in [0.05, 0.1) is 0 Å². The molecule has 0 saturated carbocycles. The predicted molar refractivity (Wildman–Crippen MR) is 105 cm³/mol. The third-order valence-corrected chi connectivity index (χ3v) is 2.85. The summed E-state index contributed by atoms with van der Waals surface area (Å²) in [6, 6.07) is 0. The first-order chi connectivity index (χ1) is 11.7. The Labute approximate surface area is 148 Å². The zero-order chi connectivity index (χ0) is 17.9. The number of unbranched alkanes of at least 4 members (excludes halogenated alkanes) is 2. The van der Waals surface area contributed by atoms with Gasteiger partial charge in [-0.2, -0.15) is 0 Å². The summed E-state index contributed by atoms with van der Waals surface area (Å²) in [7, 11) is 0. The number of nitrogens with one attached hydrogen (secondary N) is 1. The van der Waals surface area contributed by atoms with Gasteiger partial charge in [-0.05, 0) is 37.3 Å². The van der Waals surface area contributed by atoms with Crippen LogP contribution in [0.15, 0.2) is 60.8 Å². The molecule has 2 nitrogen and oxygen atoms in total. The third-order valence-electron chi connectivity index (χ3n) is 2.85. The Morgan fingerprint density at radius 2 is 1.58 bits per heavy atom. The molecule has 0 atom stereocenters. The Bertz CT molecular complexity index is 522. The normalized spacial score (nSPS) is 12.2. The van der Waals surface area contributed by atoms with Crippen molar-refractivity contribution < 1.29 is 4.79 Å². The van der Waals surface area contributed by atoms with E-state index in [1.54, 1.807) is 12.2 Å². The Morgan fingerprint density at radius 3 is 2.25 bits per heavy atom. The number of hydrogen-bond acceptors (Lipinski definition) is 1. The highest BCUT2D eigenvalue weighted by Crippen LogP contribution is 1.94. The van der Waals surface area contributed by atoms with Crippen LogP contribution in [0.25, 0.3) is 0 Å². The van der Waals surface area contributed by atoms with E-state index in [4.69, 9.17) is 0 Å². The zero-order valence-electron chi connectivity index (χ0n) is 15.3. The van der Waals surface area contributed by atoms with Crippen LogP contribution in [-0.2, 0) is 4.79 Å². The van der Waals surface area contributed by atoms with Gasteiger partial charge in [0.1, 0.15) is 0 Å². The van der Waals surface area contributed by atoms with Gasteiger partial charge in [0.2, 0.25) is 5.91 Å². The topological polar surface area (TPSA) is 29.1 Å². The number of carbonyl (C=O) groups excluding carboxylic acids is 1. The van der Waals surface area contributed by atoms with E-state index in [9.17, 15) is 4.79 Å². The van der Waals surface area contributed by atoms with E-state index in [0.29, 0.717) is 12.5 Å². The summed E-state index contributed by atoms with van der Waals surface area (Å²) in [4.78, 5) is 11.4. The minimum atomic E-state index is -0.0379. The van der Waals surface area contributed by atoms with Crippen molar-refractivity contribution in [2.75, 3.05) is 6.54 Å². The lowest BCUT2D eigenvalue weighted by Gasteiger charge is -2.03. The molecule has 0 aromatic heterocycles. The zero-order valence-corrected chi connectivity index (χ0v) is 15.3. The SMILES string of the molecule is CCC/C=C\C#C/C=C\C=C\CC/C=C/C=C/C(=O)NCC(C)C. The van der Waals surface area contributed by atoms with Crippen molar-refractivity contribution in [1.29, 1.82) is 0 Å². The van der Waals surface area contributed by atoms with E-state index in [1.807, 2.05) is 30.4 Å². The number of carbonyl (C=O) groups is 1. The largest absolute Gasteiger partial charge is 0.352 e. The third kappa shape index (κ3) is 17.8. The number of rotatable bonds is 10. The fourth-order valence-electron chi connectivity index (χ4n) is 1.56. The lowest BCUT2D eigenvalue weighted by molar-refractivity contribution is -0.116. The fraction of sp³-hybridized carbons (Fsp3) is 0.409. The van der Waals surface area contributed by atoms with Crippen LogP contribution in [-0.4, -0.2) is 12.5 Å². The maximum Gasteiger partial charge on any atom is 0.243 e. The molecule has 0 radical (unpaired) electrons. The number of amides is 1. The summed E-state index contributed by atoms with van der Waals surface area (Å²) in [5.74, 6) is 6.36. The second-order valence-electron chi connectivity index (χ2n) is 5.77. The van der Waals surface area contributed by atoms with Crippen molar-refractivity contribution in [2.45, 2.75) is 46.5 Å². The maximum atomic E-state index is 11.4. The lowest BCUT2D eigenvalue weighted by Crippen LogP contribution is -2.25. The molecule has 2 heteroatoms. The van der Waals surface area contributed by atoms with E-state index in [-0.39, 0.29) is 5.91 Å². The molecular weight excluding hydrogens is 294 g/mol. The molecule has 0 bridgehead atoms. The molecule has 1 amide bonds. The number of hydrogen-bond donors (Lipinski definition) is 1. The molecule has 0 aliphatic heterocycles. The van der Waals surface area contributed by atoms with Gasteiger partial charge in [-0.3, -0.25) is 4.79 Å². The minimum Gasteiger partial charge on any atom is -0.352 e. The quantitative estimate of drug-likeness (QED) is 0.257. The van der Waals surface area contributed by atoms with Crippen molar-refractivity contribution in [1.82, 2.24) is 5.32 Å². The van der Waals surface area contributed by atoms with Gasteiger partial charge in [0.15, 0.2) is 0 Å². The Kier molecular flexibility index (Phi) is 15.5. The average Bonchev–Trinajstić information content (AvgIpc) is 2.56. The first-order valence-electron chi connectivity index (χ1n) is 8.75. The van der Waals surface area contributed by atoms with Crippen molar-refractivity contribution in [3.63, 3.8) is 0 Å². The molecule has 0 rings (SSSR count). The summed E-state index contributed by atoms with van der Waals surface area (Å²) in [6.45, 7) is 7.01. The Balaban J connectivity index is 3.75. The van der Waals surface area contributed by atoms with Gasteiger partial charge >= 0.3 is 0 Å². The molecule has 0 heterocycles. The Hall–Kier alpha value is -2.27. The summed E-state index contributed by atoms with van der Waals surface area (Å²) in [5, 5.41) is 2.84. The van der Waals surface area contributed by atoms with Crippen LogP contribution < -0.4 is 5.32 Å². The van der Waals surface area contributed by atoms with Crippen LogP contribution in [0, 0.1) is 17.8 Å². The summed E-state index contributed by atoms with van der Waals surface area (Å²) in [6.07, 6.45) is 23.4. The van der Waals surface area contributed by atoms with Crippen molar-refractivity contribution in [2.24, 2.45) is 5.92 Å². The van der Waals surface area contributed by atoms with Gasteiger partial charge in [0, 0.05) is 12.6 Å². The molecule has 24 heavy (non-hydrogen) atoms. The second-order valence-corrected chi connectivity index (χ2v) is 5.77. The average molecular weight is 325 g/mol. The van der Waals surface area contributed by atoms with E-state index >= 15 is 0 Å². The first kappa shape index (κ1) is 21.7. The molecule has 0 fully saturated rings. The van der Waals surface area contributed by atoms with E-state index in [2.05, 4.69) is 56.2 Å². The molecular formula is C22H31NO. The lowest BCUT2D eigenvalue weighted by atomic mass is 10.2. The molecule has 0 spiro atoms. The van der Waals surface area contributed by atoms with Crippen molar-refractivity contribution >= 4 is 5.91 Å². The standard InChI is InChI=1S/C22H31NO/c1-4-5-6-7-8-9-10-11-12-13-14-15-16-17-18-19-22(24)23-20-21(2)3/h6-7,10-13,16-19,21H,4-5,14-15,20H2,1-3H3,(H,23,24)/b7-6-,11-10-,13-12+,17-16+,19-18+. The van der Waals surface area contributed by atoms with Gasteiger partial charge in [0.25, 0.3) is 0 Å². The number of allylic oxidation sites excluding steroid dienone is 9. The van der Waals surface area contributed by atoms with E-state index < -0.39 is 0 Å². The van der Waals surface area contributed by atoms with Gasteiger partial charge < -0.3 is 5.32 Å². The second kappa shape index (κ2) is 17.1. The highest BCUT2D eigenvalue weighted by atomic mass is 16.1. The Morgan fingerprint density at radius 1 is 0.917 bits per heavy atom. The van der Waals surface area contributed by atoms with Gasteiger partial charge in [-0.15, -0.1) is 0 Å². The molecule has 1 N–H and O–H groups in total. The van der Waals surface area contributed by atoms with E-state index in [1.165, 1.54) is 0 Å². The molecule has 0 aliphatic carbocycles. The molecule has 0 aromatic rings. The van der Waals surface area contributed by atoms with Crippen LogP contribution >= 0.6 is 0 Å². The first-order valence-corrected chi connectivity index (χ1v) is 8.75. The molecule has 0 unspecified atom stereocenters. The maximum absolute atomic E-state index is 11.4. The predicted octanol–water partition coefficient (Wildman–Crippen LogP) is 5.12. The van der Waals surface area contributed by atoms with Crippen molar-refractivity contribution in [3.8, 4) is 11.8 Å². The van der Waals surface area contributed by atoms with Crippen LogP contribution in [0.3, 0.4) is 0 Å². The van der Waals surface area contributed by atoms with Gasteiger partial charge in [-0.1, -0.05) is 81.6 Å². The summed E-state index contributed by atoms with van der Waals surface area (Å²) < 4.78 is 0. The van der Waals surface area contributed by atoms with Gasteiger partial charge in [-0.25, -0.2) is 0 Å². The van der Waals surface area contributed by atoms with Crippen LogP contribution in [0.1, 0.15) is 46.5 Å². The smallest absolute Gasteiger partial charge is 0.243 e. The van der Waals surface area contributed by atoms with Crippen molar-refractivity contribution in [3.05, 3.63) is 60.8 Å². The minimum absolute atomic E-state index is 0.0379. The monoisotopic (exact) mass is 325 g/mol. The summed E-state index contributed by atoms with van der Waals surface area (Å²) in [5.41, 5.74) is 0. The van der Waals surface area contributed by atoms with Crippen LogP contribution in [0.5, 0.6) is 0 Å². The highest BCUT2D eigenvalue weighted by Gasteiger charge is 1.95. The van der Waals surface area contributed by atoms with Crippen LogP contribution in [0.2, 0.25) is 0 Å². The molecule has 0 aliphatic rings. The highest BCUT2D eigenvalue weighted by molar-refractivity contribution is 5.87. The summed E-state index contributed by atoms with van der Waals surface area (Å²) >= 11 is 0. The molecule has 130 valence electrons.